The van der Waals surface area contributed by atoms with E-state index in [1.165, 1.54) is 5.69 Å². The summed E-state index contributed by atoms with van der Waals surface area (Å²) in [5, 5.41) is 13.9. The number of carbonyl (C=O) groups is 1. The molecule has 0 radical (unpaired) electrons. The Morgan fingerprint density at radius 2 is 1.73 bits per heavy atom. The minimum atomic E-state index is -0.513. The van der Waals surface area contributed by atoms with E-state index < -0.39 is 5.92 Å². The molecule has 0 bridgehead atoms. The van der Waals surface area contributed by atoms with Crippen molar-refractivity contribution in [3.63, 3.8) is 0 Å². The van der Waals surface area contributed by atoms with Gasteiger partial charge in [-0.3, -0.25) is 4.79 Å². The standard InChI is InChI=1S/C27H25Cl2N3O/c1-18-15-23(24(17-30)19-7-9-21(28)10-8-19)25(29)16-26(18)31-27(33)20-11-13-32(14-12-20)22-5-3-2-4-6-22/h2-10,15-16,20,24H,11-14H2,1H3,(H,31,33). The van der Waals surface area contributed by atoms with Gasteiger partial charge in [0.05, 0.1) is 12.0 Å². The second kappa shape index (κ2) is 10.3. The Morgan fingerprint density at radius 3 is 2.36 bits per heavy atom. The van der Waals surface area contributed by atoms with Crippen LogP contribution >= 0.6 is 23.2 Å². The van der Waals surface area contributed by atoms with Crippen molar-refractivity contribution in [1.29, 1.82) is 5.26 Å². The first kappa shape index (κ1) is 23.2. The van der Waals surface area contributed by atoms with E-state index in [1.54, 1.807) is 18.2 Å². The smallest absolute Gasteiger partial charge is 0.227 e. The van der Waals surface area contributed by atoms with Gasteiger partial charge in [-0.05, 0) is 66.8 Å². The summed E-state index contributed by atoms with van der Waals surface area (Å²) in [5.41, 5.74) is 4.30. The van der Waals surface area contributed by atoms with Crippen molar-refractivity contribution >= 4 is 40.5 Å². The maximum Gasteiger partial charge on any atom is 0.227 e. The van der Waals surface area contributed by atoms with E-state index in [1.807, 2.05) is 43.3 Å². The number of anilines is 2. The summed E-state index contributed by atoms with van der Waals surface area (Å²) in [5.74, 6) is -0.534. The molecular weight excluding hydrogens is 453 g/mol. The molecule has 4 nitrogen and oxygen atoms in total. The summed E-state index contributed by atoms with van der Waals surface area (Å²) in [6, 6.07) is 23.5. The predicted molar refractivity (Wildman–Crippen MR) is 135 cm³/mol. The molecule has 1 aliphatic rings. The number of benzene rings is 3. The number of hydrogen-bond acceptors (Lipinski definition) is 3. The lowest BCUT2D eigenvalue weighted by atomic mass is 9.91. The molecular formula is C27H25Cl2N3O. The van der Waals surface area contributed by atoms with Crippen LogP contribution in [0.5, 0.6) is 0 Å². The molecule has 1 amide bonds. The first-order valence-corrected chi connectivity index (χ1v) is 11.8. The molecule has 1 heterocycles. The van der Waals surface area contributed by atoms with Gasteiger partial charge in [-0.1, -0.05) is 59.6 Å². The van der Waals surface area contributed by atoms with Crippen LogP contribution in [0.2, 0.25) is 10.0 Å². The van der Waals surface area contributed by atoms with Gasteiger partial charge in [-0.2, -0.15) is 5.26 Å². The number of aryl methyl sites for hydroxylation is 1. The Hall–Kier alpha value is -3.00. The fraction of sp³-hybridized carbons (Fsp3) is 0.259. The molecule has 1 unspecified atom stereocenters. The number of piperidine rings is 1. The second-order valence-electron chi connectivity index (χ2n) is 8.39. The Labute approximate surface area is 204 Å². The van der Waals surface area contributed by atoms with Crippen molar-refractivity contribution in [2.75, 3.05) is 23.3 Å². The molecule has 1 fully saturated rings. The minimum absolute atomic E-state index is 0.0177. The zero-order valence-electron chi connectivity index (χ0n) is 18.4. The summed E-state index contributed by atoms with van der Waals surface area (Å²) < 4.78 is 0. The number of para-hydroxylation sites is 1. The molecule has 0 aromatic heterocycles. The Morgan fingerprint density at radius 1 is 1.06 bits per heavy atom. The Balaban J connectivity index is 1.45. The van der Waals surface area contributed by atoms with Crippen molar-refractivity contribution in [3.8, 4) is 6.07 Å². The number of nitriles is 1. The summed E-state index contributed by atoms with van der Waals surface area (Å²) in [6.07, 6.45) is 1.61. The fourth-order valence-corrected chi connectivity index (χ4v) is 4.71. The van der Waals surface area contributed by atoms with Crippen molar-refractivity contribution < 1.29 is 4.79 Å². The van der Waals surface area contributed by atoms with Gasteiger partial charge in [-0.25, -0.2) is 0 Å². The molecule has 1 saturated heterocycles. The highest BCUT2D eigenvalue weighted by molar-refractivity contribution is 6.32. The number of nitrogens with one attached hydrogen (secondary N) is 1. The van der Waals surface area contributed by atoms with Crippen LogP contribution in [0.3, 0.4) is 0 Å². The summed E-state index contributed by atoms with van der Waals surface area (Å²) in [6.45, 7) is 3.63. The van der Waals surface area contributed by atoms with Crippen LogP contribution in [0.15, 0.2) is 66.7 Å². The molecule has 3 aromatic rings. The second-order valence-corrected chi connectivity index (χ2v) is 9.23. The van der Waals surface area contributed by atoms with Crippen molar-refractivity contribution in [2.45, 2.75) is 25.7 Å². The van der Waals surface area contributed by atoms with Crippen LogP contribution < -0.4 is 10.2 Å². The molecule has 0 spiro atoms. The lowest BCUT2D eigenvalue weighted by Gasteiger charge is -2.33. The molecule has 1 N–H and O–H groups in total. The molecule has 1 aliphatic heterocycles. The van der Waals surface area contributed by atoms with Crippen molar-refractivity contribution in [1.82, 2.24) is 0 Å². The van der Waals surface area contributed by atoms with Crippen LogP contribution in [0, 0.1) is 24.2 Å². The quantitative estimate of drug-likeness (QED) is 0.438. The Kier molecular flexibility index (Phi) is 7.23. The summed E-state index contributed by atoms with van der Waals surface area (Å²) >= 11 is 12.6. The van der Waals surface area contributed by atoms with E-state index in [4.69, 9.17) is 23.2 Å². The van der Waals surface area contributed by atoms with Crippen molar-refractivity contribution in [3.05, 3.63) is 93.5 Å². The summed E-state index contributed by atoms with van der Waals surface area (Å²) in [7, 11) is 0. The van der Waals surface area contributed by atoms with Crippen LogP contribution in [0.4, 0.5) is 11.4 Å². The van der Waals surface area contributed by atoms with Crippen LogP contribution in [0.25, 0.3) is 0 Å². The van der Waals surface area contributed by atoms with Gasteiger partial charge in [-0.15, -0.1) is 0 Å². The number of nitrogens with zero attached hydrogens (tertiary/aromatic N) is 2. The molecule has 33 heavy (non-hydrogen) atoms. The van der Waals surface area contributed by atoms with E-state index >= 15 is 0 Å². The van der Waals surface area contributed by atoms with E-state index in [9.17, 15) is 10.1 Å². The third-order valence-corrected chi connectivity index (χ3v) is 6.81. The predicted octanol–water partition coefficient (Wildman–Crippen LogP) is 6.81. The van der Waals surface area contributed by atoms with Gasteiger partial charge in [0.1, 0.15) is 0 Å². The van der Waals surface area contributed by atoms with Gasteiger partial charge in [0.2, 0.25) is 5.91 Å². The monoisotopic (exact) mass is 477 g/mol. The number of rotatable bonds is 5. The number of carbonyl (C=O) groups excluding carboxylic acids is 1. The lowest BCUT2D eigenvalue weighted by Crippen LogP contribution is -2.38. The molecule has 168 valence electrons. The first-order valence-electron chi connectivity index (χ1n) is 11.0. The third-order valence-electron chi connectivity index (χ3n) is 6.23. The highest BCUT2D eigenvalue weighted by atomic mass is 35.5. The van der Waals surface area contributed by atoms with E-state index in [0.717, 1.165) is 37.1 Å². The molecule has 4 rings (SSSR count). The van der Waals surface area contributed by atoms with Crippen LogP contribution in [-0.4, -0.2) is 19.0 Å². The lowest BCUT2D eigenvalue weighted by molar-refractivity contribution is -0.120. The zero-order valence-corrected chi connectivity index (χ0v) is 19.9. The van der Waals surface area contributed by atoms with Gasteiger partial charge in [0.25, 0.3) is 0 Å². The largest absolute Gasteiger partial charge is 0.371 e. The number of hydrogen-bond donors (Lipinski definition) is 1. The first-order chi connectivity index (χ1) is 16.0. The summed E-state index contributed by atoms with van der Waals surface area (Å²) in [4.78, 5) is 15.3. The number of halogens is 2. The topological polar surface area (TPSA) is 56.1 Å². The third kappa shape index (κ3) is 5.33. The average Bonchev–Trinajstić information content (AvgIpc) is 2.84. The van der Waals surface area contributed by atoms with E-state index in [0.29, 0.717) is 21.3 Å². The highest BCUT2D eigenvalue weighted by Gasteiger charge is 2.26. The molecule has 1 atom stereocenters. The zero-order chi connectivity index (χ0) is 23.4. The Bertz CT molecular complexity index is 1160. The SMILES string of the molecule is Cc1cc(C(C#N)c2ccc(Cl)cc2)c(Cl)cc1NC(=O)C1CCN(c2ccccc2)CC1. The molecule has 0 saturated carbocycles. The van der Waals surface area contributed by atoms with Crippen LogP contribution in [0.1, 0.15) is 35.4 Å². The average molecular weight is 478 g/mol. The van der Waals surface area contributed by atoms with Gasteiger partial charge in [0.15, 0.2) is 0 Å². The fourth-order valence-electron chi connectivity index (χ4n) is 4.31. The normalized spacial score (nSPS) is 15.0. The molecule has 3 aromatic carbocycles. The van der Waals surface area contributed by atoms with Crippen molar-refractivity contribution in [2.24, 2.45) is 5.92 Å². The molecule has 6 heteroatoms. The highest BCUT2D eigenvalue weighted by Crippen LogP contribution is 2.35. The maximum atomic E-state index is 13.0. The maximum absolute atomic E-state index is 13.0. The number of amides is 1. The van der Waals surface area contributed by atoms with Gasteiger partial charge in [0, 0.05) is 40.4 Å². The minimum Gasteiger partial charge on any atom is -0.371 e. The van der Waals surface area contributed by atoms with Gasteiger partial charge < -0.3 is 10.2 Å². The van der Waals surface area contributed by atoms with E-state index in [-0.39, 0.29) is 11.8 Å². The van der Waals surface area contributed by atoms with Crippen LogP contribution in [-0.2, 0) is 4.79 Å². The molecule has 0 aliphatic carbocycles. The van der Waals surface area contributed by atoms with Gasteiger partial charge >= 0.3 is 0 Å². The van der Waals surface area contributed by atoms with E-state index in [2.05, 4.69) is 28.4 Å².